The van der Waals surface area contributed by atoms with Crippen LogP contribution in [0.15, 0.2) is 59.5 Å². The molecule has 2 unspecified atom stereocenters. The second-order valence-electron chi connectivity index (χ2n) is 10.0. The summed E-state index contributed by atoms with van der Waals surface area (Å²) < 4.78 is 67.8. The Balaban J connectivity index is 1.39. The maximum Gasteiger partial charge on any atom is 0.255 e. The smallest absolute Gasteiger partial charge is 0.255 e. The number of halogens is 4. The zero-order valence-corrected chi connectivity index (χ0v) is 21.9. The molecule has 7 nitrogen and oxygen atoms in total. The van der Waals surface area contributed by atoms with E-state index in [1.807, 2.05) is 0 Å². The summed E-state index contributed by atoms with van der Waals surface area (Å²) in [6, 6.07) is 10.4. The minimum absolute atomic E-state index is 0.0172. The quantitative estimate of drug-likeness (QED) is 0.360. The number of nitrogens with zero attached hydrogens (tertiary/aromatic N) is 1. The molecule has 3 aromatic rings. The molecule has 2 aliphatic rings. The van der Waals surface area contributed by atoms with Crippen LogP contribution < -0.4 is 5.32 Å². The van der Waals surface area contributed by atoms with Crippen LogP contribution in [-0.4, -0.2) is 40.4 Å². The summed E-state index contributed by atoms with van der Waals surface area (Å²) in [5.41, 5.74) is -1.79. The van der Waals surface area contributed by atoms with E-state index in [4.69, 9.17) is 11.6 Å². The number of rotatable bonds is 6. The van der Waals surface area contributed by atoms with Gasteiger partial charge in [0.25, 0.3) is 5.91 Å². The van der Waals surface area contributed by atoms with Crippen LogP contribution in [0.3, 0.4) is 0 Å². The monoisotopic (exact) mass is 580 g/mol. The predicted octanol–water partition coefficient (Wildman–Crippen LogP) is 4.83. The fourth-order valence-corrected chi connectivity index (χ4v) is 8.28. The highest BCUT2D eigenvalue weighted by molar-refractivity contribution is 7.92. The van der Waals surface area contributed by atoms with E-state index in [1.165, 1.54) is 24.3 Å². The summed E-state index contributed by atoms with van der Waals surface area (Å²) in [6.45, 7) is 0. The fourth-order valence-electron chi connectivity index (χ4n) is 5.87. The lowest BCUT2D eigenvalue weighted by molar-refractivity contribution is -0.146. The third kappa shape index (κ3) is 4.93. The number of carbonyl (C=O) groups excluding carboxylic acids is 1. The van der Waals surface area contributed by atoms with Crippen molar-refractivity contribution >= 4 is 33.0 Å². The van der Waals surface area contributed by atoms with Gasteiger partial charge in [0.05, 0.1) is 20.9 Å². The Morgan fingerprint density at radius 3 is 2.36 bits per heavy atom. The van der Waals surface area contributed by atoms with Gasteiger partial charge in [-0.2, -0.15) is 4.39 Å². The highest BCUT2D eigenvalue weighted by Crippen LogP contribution is 2.56. The molecule has 0 aliphatic heterocycles. The first-order chi connectivity index (χ1) is 18.4. The predicted molar refractivity (Wildman–Crippen MR) is 136 cm³/mol. The summed E-state index contributed by atoms with van der Waals surface area (Å²) in [5, 5.41) is 23.9. The molecule has 2 aromatic carbocycles. The third-order valence-electron chi connectivity index (χ3n) is 7.84. The molecule has 2 aliphatic carbocycles. The van der Waals surface area contributed by atoms with Gasteiger partial charge >= 0.3 is 0 Å². The molecule has 0 saturated heterocycles. The normalized spacial score (nSPS) is 25.3. The van der Waals surface area contributed by atoms with Crippen LogP contribution in [0, 0.1) is 29.4 Å². The first kappa shape index (κ1) is 27.6. The number of amides is 1. The van der Waals surface area contributed by atoms with Crippen molar-refractivity contribution in [1.29, 1.82) is 0 Å². The number of pyridine rings is 1. The topological polar surface area (TPSA) is 117 Å². The molecule has 12 heteroatoms. The number of anilines is 1. The van der Waals surface area contributed by atoms with Crippen molar-refractivity contribution in [3.63, 3.8) is 0 Å². The molecule has 206 valence electrons. The molecule has 2 bridgehead atoms. The molecular weight excluding hydrogens is 557 g/mol. The Hall–Kier alpha value is -2.99. The van der Waals surface area contributed by atoms with Crippen molar-refractivity contribution < 1.29 is 36.6 Å². The minimum atomic E-state index is -4.10. The second-order valence-corrected chi connectivity index (χ2v) is 12.6. The van der Waals surface area contributed by atoms with Crippen molar-refractivity contribution in [1.82, 2.24) is 4.98 Å². The molecule has 5 rings (SSSR count). The molecule has 5 atom stereocenters. The zero-order valence-electron chi connectivity index (χ0n) is 20.3. The average Bonchev–Trinajstić information content (AvgIpc) is 3.05. The summed E-state index contributed by atoms with van der Waals surface area (Å²) in [6.07, 6.45) is -0.540. The molecule has 1 aromatic heterocycles. The molecule has 1 heterocycles. The number of hydrogen-bond acceptors (Lipinski definition) is 6. The van der Waals surface area contributed by atoms with Gasteiger partial charge in [-0.1, -0.05) is 17.7 Å². The lowest BCUT2D eigenvalue weighted by Crippen LogP contribution is -2.52. The number of aliphatic hydroxyl groups excluding tert-OH is 1. The van der Waals surface area contributed by atoms with Crippen LogP contribution in [0.5, 0.6) is 0 Å². The van der Waals surface area contributed by atoms with Crippen LogP contribution in [0.2, 0.25) is 5.02 Å². The Morgan fingerprint density at radius 2 is 1.72 bits per heavy atom. The average molecular weight is 581 g/mol. The Kier molecular flexibility index (Phi) is 7.21. The van der Waals surface area contributed by atoms with Gasteiger partial charge in [-0.25, -0.2) is 22.2 Å². The second kappa shape index (κ2) is 10.2. The van der Waals surface area contributed by atoms with Gasteiger partial charge in [0, 0.05) is 17.3 Å². The Morgan fingerprint density at radius 1 is 1.03 bits per heavy atom. The molecule has 2 saturated carbocycles. The number of sulfone groups is 1. The number of hydrogen-bond donors (Lipinski definition) is 3. The number of benzene rings is 2. The molecular formula is C27H24ClF3N2O5S. The molecule has 0 radical (unpaired) electrons. The van der Waals surface area contributed by atoms with E-state index in [9.17, 15) is 36.6 Å². The van der Waals surface area contributed by atoms with Crippen molar-refractivity contribution in [2.45, 2.75) is 47.5 Å². The zero-order chi connectivity index (χ0) is 28.1. The van der Waals surface area contributed by atoms with Crippen LogP contribution >= 0.6 is 11.6 Å². The third-order valence-corrected chi connectivity index (χ3v) is 10.5. The van der Waals surface area contributed by atoms with E-state index < -0.39 is 62.1 Å². The lowest BCUT2D eigenvalue weighted by atomic mass is 9.70. The summed E-state index contributed by atoms with van der Waals surface area (Å²) in [7, 11) is -4.10. The molecule has 39 heavy (non-hydrogen) atoms. The van der Waals surface area contributed by atoms with Crippen LogP contribution in [0.1, 0.15) is 47.8 Å². The minimum Gasteiger partial charge on any atom is -0.386 e. The van der Waals surface area contributed by atoms with Crippen molar-refractivity contribution in [3.05, 3.63) is 88.5 Å². The summed E-state index contributed by atoms with van der Waals surface area (Å²) in [4.78, 5) is 16.2. The van der Waals surface area contributed by atoms with E-state index in [2.05, 4.69) is 10.3 Å². The van der Waals surface area contributed by atoms with E-state index in [0.29, 0.717) is 12.8 Å². The number of fused-ring (bicyclic) bond motifs is 2. The van der Waals surface area contributed by atoms with Crippen LogP contribution in [0.4, 0.5) is 18.9 Å². The highest BCUT2D eigenvalue weighted by Gasteiger charge is 2.59. The van der Waals surface area contributed by atoms with Gasteiger partial charge < -0.3 is 15.5 Å². The van der Waals surface area contributed by atoms with Gasteiger partial charge in [0.15, 0.2) is 21.5 Å². The number of aliphatic hydroxyl groups is 2. The van der Waals surface area contributed by atoms with Crippen molar-refractivity contribution in [2.24, 2.45) is 11.8 Å². The first-order valence-corrected chi connectivity index (χ1v) is 14.2. The van der Waals surface area contributed by atoms with Crippen LogP contribution in [-0.2, 0) is 9.84 Å². The van der Waals surface area contributed by atoms with E-state index >= 15 is 0 Å². The van der Waals surface area contributed by atoms with Crippen molar-refractivity contribution in [2.75, 3.05) is 5.32 Å². The molecule has 1 amide bonds. The van der Waals surface area contributed by atoms with E-state index in [1.54, 1.807) is 0 Å². The Bertz CT molecular complexity index is 1540. The van der Waals surface area contributed by atoms with Gasteiger partial charge in [-0.3, -0.25) is 4.79 Å². The van der Waals surface area contributed by atoms with Gasteiger partial charge in [0.1, 0.15) is 11.7 Å². The largest absolute Gasteiger partial charge is 0.386 e. The maximum atomic E-state index is 13.7. The van der Waals surface area contributed by atoms with Crippen LogP contribution in [0.25, 0.3) is 0 Å². The number of nitrogens with one attached hydrogen (secondary N) is 1. The summed E-state index contributed by atoms with van der Waals surface area (Å²) in [5.74, 6) is -5.00. The molecule has 2 fully saturated rings. The first-order valence-electron chi connectivity index (χ1n) is 12.2. The molecule has 3 N–H and O–H groups in total. The highest BCUT2D eigenvalue weighted by atomic mass is 35.5. The van der Waals surface area contributed by atoms with Gasteiger partial charge in [-0.05, 0) is 80.0 Å². The SMILES string of the molecule is O=C(Nc1ccc(F)c(F)c1)c1ccc(Cl)c(S(=O)(=O)C2C[C@H]3CC[C@@H](C2)C3(O)[C@@H](O)c2cccc(F)n2)c1. The standard InChI is InChI=1S/C27H24ClF3N2O5S/c28-19-8-4-14(26(35)32-17-7-9-20(29)21(30)13-17)10-23(19)39(37,38)18-11-15-5-6-16(12-18)27(15,36)25(34)22-2-1-3-24(31)33-22/h1-4,7-10,13,15-16,18,25,34,36H,5-6,11-12H2,(H,32,35)/t15-,16+,18?,25-,27?/m0/s1. The Labute approximate surface area is 227 Å². The van der Waals surface area contributed by atoms with Gasteiger partial charge in [-0.15, -0.1) is 0 Å². The van der Waals surface area contributed by atoms with Crippen molar-refractivity contribution in [3.8, 4) is 0 Å². The number of aromatic nitrogens is 1. The molecule has 0 spiro atoms. The van der Waals surface area contributed by atoms with E-state index in [-0.39, 0.29) is 39.7 Å². The summed E-state index contributed by atoms with van der Waals surface area (Å²) >= 11 is 6.26. The lowest BCUT2D eigenvalue weighted by Gasteiger charge is -2.45. The van der Waals surface area contributed by atoms with E-state index in [0.717, 1.165) is 30.3 Å². The number of carbonyl (C=O) groups is 1. The fraction of sp³-hybridized carbons (Fsp3) is 0.333. The maximum absolute atomic E-state index is 13.7. The van der Waals surface area contributed by atoms with Gasteiger partial charge in [0.2, 0.25) is 5.95 Å².